The molecule has 0 radical (unpaired) electrons. The predicted molar refractivity (Wildman–Crippen MR) is 71.6 cm³/mol. The molecule has 0 bridgehead atoms. The molecule has 3 atom stereocenters. The molecular weight excluding hydrogens is 232 g/mol. The van der Waals surface area contributed by atoms with Crippen molar-refractivity contribution in [1.29, 1.82) is 0 Å². The Labute approximate surface area is 110 Å². The topological polar surface area (TPSA) is 66.6 Å². The summed E-state index contributed by atoms with van der Waals surface area (Å²) < 4.78 is 11.0. The molecule has 108 valence electrons. The standard InChI is InChI=1S/C12H28N4O2/c1-4-10-7-5-6-8-11(17-2)12(18-3)9-13-15-16-14-10/h10-16H,4-9H2,1-3H3. The molecular formula is C12H28N4O2. The van der Waals surface area contributed by atoms with Gasteiger partial charge in [-0.25, -0.2) is 10.9 Å². The zero-order chi connectivity index (χ0) is 13.2. The summed E-state index contributed by atoms with van der Waals surface area (Å²) in [5.74, 6) is 0. The molecule has 0 saturated carbocycles. The van der Waals surface area contributed by atoms with E-state index in [9.17, 15) is 0 Å². The van der Waals surface area contributed by atoms with Gasteiger partial charge in [0, 0.05) is 26.8 Å². The number of hydrogen-bond acceptors (Lipinski definition) is 6. The van der Waals surface area contributed by atoms with Crippen molar-refractivity contribution in [2.75, 3.05) is 20.8 Å². The van der Waals surface area contributed by atoms with Crippen LogP contribution >= 0.6 is 0 Å². The molecule has 0 amide bonds. The lowest BCUT2D eigenvalue weighted by Gasteiger charge is -2.27. The van der Waals surface area contributed by atoms with E-state index in [2.05, 4.69) is 28.8 Å². The molecule has 0 aliphatic carbocycles. The van der Waals surface area contributed by atoms with Crippen LogP contribution in [-0.4, -0.2) is 39.0 Å². The fraction of sp³-hybridized carbons (Fsp3) is 1.00. The first-order valence-electron chi connectivity index (χ1n) is 6.85. The van der Waals surface area contributed by atoms with Crippen LogP contribution in [0.2, 0.25) is 0 Å². The molecule has 1 saturated heterocycles. The summed E-state index contributed by atoms with van der Waals surface area (Å²) in [5, 5.41) is 0. The summed E-state index contributed by atoms with van der Waals surface area (Å²) in [5.41, 5.74) is 12.2. The number of ether oxygens (including phenoxy) is 2. The molecule has 0 aromatic rings. The highest BCUT2D eigenvalue weighted by atomic mass is 16.5. The molecule has 0 aromatic heterocycles. The summed E-state index contributed by atoms with van der Waals surface area (Å²) in [4.78, 5) is 0. The first kappa shape index (κ1) is 15.8. The lowest BCUT2D eigenvalue weighted by Crippen LogP contribution is -2.56. The third-order valence-corrected chi connectivity index (χ3v) is 3.53. The zero-order valence-electron chi connectivity index (χ0n) is 11.8. The summed E-state index contributed by atoms with van der Waals surface area (Å²) >= 11 is 0. The van der Waals surface area contributed by atoms with E-state index in [1.54, 1.807) is 14.2 Å². The first-order chi connectivity index (χ1) is 8.81. The van der Waals surface area contributed by atoms with E-state index in [0.717, 1.165) is 12.8 Å². The van der Waals surface area contributed by atoms with Crippen LogP contribution in [0.25, 0.3) is 0 Å². The minimum atomic E-state index is 0.0608. The second kappa shape index (κ2) is 9.66. The summed E-state index contributed by atoms with van der Waals surface area (Å²) in [7, 11) is 3.48. The second-order valence-corrected chi connectivity index (χ2v) is 4.71. The van der Waals surface area contributed by atoms with Crippen LogP contribution in [0.15, 0.2) is 0 Å². The Morgan fingerprint density at radius 2 is 1.72 bits per heavy atom. The van der Waals surface area contributed by atoms with Crippen molar-refractivity contribution in [2.45, 2.75) is 57.3 Å². The molecule has 1 aliphatic heterocycles. The van der Waals surface area contributed by atoms with Crippen molar-refractivity contribution in [1.82, 2.24) is 21.9 Å². The van der Waals surface area contributed by atoms with E-state index in [1.807, 2.05) is 0 Å². The molecule has 4 N–H and O–H groups in total. The molecule has 18 heavy (non-hydrogen) atoms. The van der Waals surface area contributed by atoms with Crippen molar-refractivity contribution in [3.63, 3.8) is 0 Å². The number of rotatable bonds is 3. The van der Waals surface area contributed by atoms with Gasteiger partial charge in [0.2, 0.25) is 0 Å². The van der Waals surface area contributed by atoms with Gasteiger partial charge in [-0.3, -0.25) is 0 Å². The van der Waals surface area contributed by atoms with Crippen LogP contribution in [0.4, 0.5) is 0 Å². The number of nitrogens with one attached hydrogen (secondary N) is 4. The van der Waals surface area contributed by atoms with Gasteiger partial charge in [-0.05, 0) is 19.3 Å². The quantitative estimate of drug-likeness (QED) is 0.592. The van der Waals surface area contributed by atoms with E-state index >= 15 is 0 Å². The van der Waals surface area contributed by atoms with E-state index < -0.39 is 0 Å². The Balaban J connectivity index is 2.45. The Morgan fingerprint density at radius 3 is 2.39 bits per heavy atom. The van der Waals surface area contributed by atoms with Crippen LogP contribution in [0, 0.1) is 0 Å². The Kier molecular flexibility index (Phi) is 8.49. The zero-order valence-corrected chi connectivity index (χ0v) is 11.8. The van der Waals surface area contributed by atoms with Gasteiger partial charge in [0.1, 0.15) is 0 Å². The molecule has 1 fully saturated rings. The average Bonchev–Trinajstić information content (AvgIpc) is 2.39. The van der Waals surface area contributed by atoms with Gasteiger partial charge in [-0.2, -0.15) is 11.1 Å². The van der Waals surface area contributed by atoms with Gasteiger partial charge >= 0.3 is 0 Å². The SMILES string of the molecule is CCC1CCCCC(OC)C(OC)CNNNN1. The summed E-state index contributed by atoms with van der Waals surface area (Å²) in [6, 6.07) is 0.498. The van der Waals surface area contributed by atoms with Crippen LogP contribution in [0.1, 0.15) is 39.0 Å². The van der Waals surface area contributed by atoms with Crippen molar-refractivity contribution in [2.24, 2.45) is 0 Å². The highest BCUT2D eigenvalue weighted by Gasteiger charge is 2.20. The predicted octanol–water partition coefficient (Wildman–Crippen LogP) is 0.472. The number of hydrazine groups is 3. The number of hydrogen-bond donors (Lipinski definition) is 4. The lowest BCUT2D eigenvalue weighted by molar-refractivity contribution is -0.0419. The minimum absolute atomic E-state index is 0.0608. The van der Waals surface area contributed by atoms with Crippen molar-refractivity contribution >= 4 is 0 Å². The maximum Gasteiger partial charge on any atom is 0.0971 e. The molecule has 1 aliphatic rings. The largest absolute Gasteiger partial charge is 0.379 e. The van der Waals surface area contributed by atoms with E-state index in [-0.39, 0.29) is 12.2 Å². The van der Waals surface area contributed by atoms with E-state index in [1.165, 1.54) is 19.3 Å². The summed E-state index contributed by atoms with van der Waals surface area (Å²) in [6.45, 7) is 2.89. The molecule has 1 rings (SSSR count). The second-order valence-electron chi connectivity index (χ2n) is 4.71. The van der Waals surface area contributed by atoms with Gasteiger partial charge in [-0.15, -0.1) is 0 Å². The van der Waals surface area contributed by atoms with Gasteiger partial charge < -0.3 is 9.47 Å². The smallest absolute Gasteiger partial charge is 0.0971 e. The van der Waals surface area contributed by atoms with Gasteiger partial charge in [0.15, 0.2) is 0 Å². The molecule has 1 heterocycles. The summed E-state index contributed by atoms with van der Waals surface area (Å²) in [6.07, 6.45) is 5.91. The first-order valence-corrected chi connectivity index (χ1v) is 6.85. The highest BCUT2D eigenvalue weighted by molar-refractivity contribution is 4.73. The van der Waals surface area contributed by atoms with Gasteiger partial charge in [0.05, 0.1) is 12.2 Å². The normalized spacial score (nSPS) is 32.5. The van der Waals surface area contributed by atoms with Crippen LogP contribution < -0.4 is 21.9 Å². The third-order valence-electron chi connectivity index (χ3n) is 3.53. The Hall–Kier alpha value is -0.240. The highest BCUT2D eigenvalue weighted by Crippen LogP contribution is 2.13. The van der Waals surface area contributed by atoms with Crippen LogP contribution in [0.3, 0.4) is 0 Å². The molecule has 3 unspecified atom stereocenters. The number of methoxy groups -OCH3 is 2. The third kappa shape index (κ3) is 5.60. The monoisotopic (exact) mass is 260 g/mol. The molecule has 6 heteroatoms. The molecule has 0 aromatic carbocycles. The van der Waals surface area contributed by atoms with E-state index in [0.29, 0.717) is 12.6 Å². The minimum Gasteiger partial charge on any atom is -0.379 e. The van der Waals surface area contributed by atoms with Crippen LogP contribution in [0.5, 0.6) is 0 Å². The van der Waals surface area contributed by atoms with Gasteiger partial charge in [0.25, 0.3) is 0 Å². The fourth-order valence-electron chi connectivity index (χ4n) is 2.27. The maximum absolute atomic E-state index is 5.52. The van der Waals surface area contributed by atoms with Crippen molar-refractivity contribution < 1.29 is 9.47 Å². The van der Waals surface area contributed by atoms with Gasteiger partial charge in [-0.1, -0.05) is 19.8 Å². The molecule has 6 nitrogen and oxygen atoms in total. The Bertz CT molecular complexity index is 207. The molecule has 0 spiro atoms. The maximum atomic E-state index is 5.52. The van der Waals surface area contributed by atoms with Crippen molar-refractivity contribution in [3.05, 3.63) is 0 Å². The van der Waals surface area contributed by atoms with Crippen LogP contribution in [-0.2, 0) is 9.47 Å². The van der Waals surface area contributed by atoms with E-state index in [4.69, 9.17) is 9.47 Å². The lowest BCUT2D eigenvalue weighted by atomic mass is 10.0. The van der Waals surface area contributed by atoms with Crippen molar-refractivity contribution in [3.8, 4) is 0 Å². The Morgan fingerprint density at radius 1 is 1.00 bits per heavy atom. The average molecular weight is 260 g/mol. The fourth-order valence-corrected chi connectivity index (χ4v) is 2.27.